The van der Waals surface area contributed by atoms with E-state index in [1.165, 1.54) is 6.33 Å². The zero-order valence-electron chi connectivity index (χ0n) is 6.98. The highest BCUT2D eigenvalue weighted by Gasteiger charge is 2.02. The molecule has 0 aromatic carbocycles. The van der Waals surface area contributed by atoms with Gasteiger partial charge in [0.1, 0.15) is 10.0 Å². The Balaban J connectivity index is 2.48. The maximum atomic E-state index is 5.95. The zero-order chi connectivity index (χ0) is 9.97. The standard InChI is InChI=1S/C9H5ClIN3/c10-8-1-6(4-14-9(8)11)7-2-12-5-13-3-7/h1-5H. The second kappa shape index (κ2) is 4.18. The summed E-state index contributed by atoms with van der Waals surface area (Å²) >= 11 is 8.04. The van der Waals surface area contributed by atoms with Crippen molar-refractivity contribution in [1.82, 2.24) is 15.0 Å². The van der Waals surface area contributed by atoms with Gasteiger partial charge < -0.3 is 0 Å². The van der Waals surface area contributed by atoms with Gasteiger partial charge in [-0.25, -0.2) is 15.0 Å². The monoisotopic (exact) mass is 317 g/mol. The molecule has 0 amide bonds. The summed E-state index contributed by atoms with van der Waals surface area (Å²) < 4.78 is 0.796. The number of halogens is 2. The second-order valence-corrected chi connectivity index (χ2v) is 4.05. The minimum absolute atomic E-state index is 0.645. The number of pyridine rings is 1. The Morgan fingerprint density at radius 3 is 2.43 bits per heavy atom. The number of aromatic nitrogens is 3. The normalized spacial score (nSPS) is 10.1. The van der Waals surface area contributed by atoms with Crippen LogP contribution in [-0.2, 0) is 0 Å². The Labute approximate surface area is 99.7 Å². The lowest BCUT2D eigenvalue weighted by molar-refractivity contribution is 1.16. The molecule has 2 aromatic heterocycles. The van der Waals surface area contributed by atoms with Crippen molar-refractivity contribution in [3.8, 4) is 11.1 Å². The van der Waals surface area contributed by atoms with Gasteiger partial charge in [-0.15, -0.1) is 0 Å². The summed E-state index contributed by atoms with van der Waals surface area (Å²) in [5.41, 5.74) is 1.84. The zero-order valence-corrected chi connectivity index (χ0v) is 9.90. The summed E-state index contributed by atoms with van der Waals surface area (Å²) in [6, 6.07) is 1.86. The van der Waals surface area contributed by atoms with Crippen LogP contribution < -0.4 is 0 Å². The van der Waals surface area contributed by atoms with E-state index in [1.54, 1.807) is 18.6 Å². The third-order valence-electron chi connectivity index (χ3n) is 1.69. The summed E-state index contributed by atoms with van der Waals surface area (Å²) in [5.74, 6) is 0. The van der Waals surface area contributed by atoms with Crippen LogP contribution in [0.5, 0.6) is 0 Å². The molecular weight excluding hydrogens is 312 g/mol. The van der Waals surface area contributed by atoms with Gasteiger partial charge in [-0.3, -0.25) is 0 Å². The summed E-state index contributed by atoms with van der Waals surface area (Å²) in [6.45, 7) is 0. The summed E-state index contributed by atoms with van der Waals surface area (Å²) in [6.07, 6.45) is 6.71. The molecule has 5 heteroatoms. The maximum Gasteiger partial charge on any atom is 0.119 e. The Bertz CT molecular complexity index is 447. The minimum atomic E-state index is 0.645. The third kappa shape index (κ3) is 2.01. The quantitative estimate of drug-likeness (QED) is 0.600. The van der Waals surface area contributed by atoms with Gasteiger partial charge in [-0.1, -0.05) is 11.6 Å². The predicted molar refractivity (Wildman–Crippen MR) is 63.0 cm³/mol. The molecule has 70 valence electrons. The minimum Gasteiger partial charge on any atom is -0.248 e. The molecule has 2 rings (SSSR count). The van der Waals surface area contributed by atoms with Crippen molar-refractivity contribution in [3.63, 3.8) is 0 Å². The van der Waals surface area contributed by atoms with Gasteiger partial charge in [0.2, 0.25) is 0 Å². The van der Waals surface area contributed by atoms with Gasteiger partial charge in [-0.2, -0.15) is 0 Å². The fraction of sp³-hybridized carbons (Fsp3) is 0. The lowest BCUT2D eigenvalue weighted by Gasteiger charge is -2.00. The SMILES string of the molecule is Clc1cc(-c2cncnc2)cnc1I. The molecule has 0 aliphatic heterocycles. The molecule has 14 heavy (non-hydrogen) atoms. The van der Waals surface area contributed by atoms with Crippen LogP contribution in [-0.4, -0.2) is 15.0 Å². The number of hydrogen-bond donors (Lipinski definition) is 0. The lowest BCUT2D eigenvalue weighted by Crippen LogP contribution is -1.86. The molecule has 0 N–H and O–H groups in total. The van der Waals surface area contributed by atoms with Crippen molar-refractivity contribution < 1.29 is 0 Å². The highest BCUT2D eigenvalue weighted by Crippen LogP contribution is 2.23. The largest absolute Gasteiger partial charge is 0.248 e. The van der Waals surface area contributed by atoms with E-state index in [1.807, 2.05) is 6.07 Å². The fourth-order valence-electron chi connectivity index (χ4n) is 1.03. The fourth-order valence-corrected chi connectivity index (χ4v) is 1.49. The smallest absolute Gasteiger partial charge is 0.119 e. The van der Waals surface area contributed by atoms with Crippen LogP contribution in [0.1, 0.15) is 0 Å². The molecule has 0 saturated carbocycles. The Morgan fingerprint density at radius 2 is 1.79 bits per heavy atom. The van der Waals surface area contributed by atoms with Gasteiger partial charge >= 0.3 is 0 Å². The Morgan fingerprint density at radius 1 is 1.07 bits per heavy atom. The average molecular weight is 318 g/mol. The molecule has 0 spiro atoms. The molecule has 3 nitrogen and oxygen atoms in total. The van der Waals surface area contributed by atoms with Crippen LogP contribution in [0.4, 0.5) is 0 Å². The second-order valence-electron chi connectivity index (χ2n) is 2.62. The van der Waals surface area contributed by atoms with Crippen molar-refractivity contribution in [3.05, 3.63) is 39.7 Å². The van der Waals surface area contributed by atoms with E-state index >= 15 is 0 Å². The highest BCUT2D eigenvalue weighted by molar-refractivity contribution is 14.1. The first-order valence-corrected chi connectivity index (χ1v) is 5.29. The van der Waals surface area contributed by atoms with Crippen LogP contribution in [0, 0.1) is 3.70 Å². The molecule has 0 unspecified atom stereocenters. The highest BCUT2D eigenvalue weighted by atomic mass is 127. The molecule has 0 aliphatic carbocycles. The summed E-state index contributed by atoms with van der Waals surface area (Å²) in [7, 11) is 0. The van der Waals surface area contributed by atoms with Crippen molar-refractivity contribution in [2.45, 2.75) is 0 Å². The molecule has 2 heterocycles. The first-order valence-electron chi connectivity index (χ1n) is 3.84. The summed E-state index contributed by atoms with van der Waals surface area (Å²) in [4.78, 5) is 12.0. The number of nitrogens with zero attached hydrogens (tertiary/aromatic N) is 3. The Kier molecular flexibility index (Phi) is 2.93. The predicted octanol–water partition coefficient (Wildman–Crippen LogP) is 2.80. The molecule has 0 fully saturated rings. The van der Waals surface area contributed by atoms with Crippen LogP contribution in [0.3, 0.4) is 0 Å². The van der Waals surface area contributed by atoms with Gasteiger partial charge in [0.15, 0.2) is 0 Å². The average Bonchev–Trinajstić information content (AvgIpc) is 2.23. The van der Waals surface area contributed by atoms with E-state index in [0.29, 0.717) is 5.02 Å². The van der Waals surface area contributed by atoms with E-state index in [2.05, 4.69) is 37.5 Å². The first-order chi connectivity index (χ1) is 6.77. The van der Waals surface area contributed by atoms with Crippen LogP contribution >= 0.6 is 34.2 Å². The van der Waals surface area contributed by atoms with E-state index in [4.69, 9.17) is 11.6 Å². The Hall–Kier alpha value is -0.750. The van der Waals surface area contributed by atoms with E-state index < -0.39 is 0 Å². The number of hydrogen-bond acceptors (Lipinski definition) is 3. The molecular formula is C9H5ClIN3. The van der Waals surface area contributed by atoms with Gasteiger partial charge in [-0.05, 0) is 28.7 Å². The number of rotatable bonds is 1. The molecule has 0 saturated heterocycles. The third-order valence-corrected chi connectivity index (χ3v) is 3.16. The van der Waals surface area contributed by atoms with Crippen LogP contribution in [0.2, 0.25) is 5.02 Å². The lowest BCUT2D eigenvalue weighted by atomic mass is 10.2. The molecule has 0 atom stereocenters. The van der Waals surface area contributed by atoms with Gasteiger partial charge in [0.25, 0.3) is 0 Å². The molecule has 0 bridgehead atoms. The van der Waals surface area contributed by atoms with E-state index in [9.17, 15) is 0 Å². The topological polar surface area (TPSA) is 38.7 Å². The van der Waals surface area contributed by atoms with Crippen molar-refractivity contribution >= 4 is 34.2 Å². The van der Waals surface area contributed by atoms with Crippen molar-refractivity contribution in [1.29, 1.82) is 0 Å². The van der Waals surface area contributed by atoms with Crippen molar-refractivity contribution in [2.75, 3.05) is 0 Å². The molecule has 0 radical (unpaired) electrons. The van der Waals surface area contributed by atoms with Crippen LogP contribution in [0.15, 0.2) is 31.0 Å². The maximum absolute atomic E-state index is 5.95. The van der Waals surface area contributed by atoms with Gasteiger partial charge in [0.05, 0.1) is 5.02 Å². The van der Waals surface area contributed by atoms with E-state index in [0.717, 1.165) is 14.8 Å². The summed E-state index contributed by atoms with van der Waals surface area (Å²) in [5, 5.41) is 0.645. The van der Waals surface area contributed by atoms with E-state index in [-0.39, 0.29) is 0 Å². The van der Waals surface area contributed by atoms with Crippen molar-refractivity contribution in [2.24, 2.45) is 0 Å². The first kappa shape index (κ1) is 9.79. The molecule has 2 aromatic rings. The van der Waals surface area contributed by atoms with Gasteiger partial charge in [0, 0.05) is 29.7 Å². The molecule has 0 aliphatic rings. The van der Waals surface area contributed by atoms with Crippen LogP contribution in [0.25, 0.3) is 11.1 Å².